The van der Waals surface area contributed by atoms with Gasteiger partial charge in [-0.3, -0.25) is 0 Å². The summed E-state index contributed by atoms with van der Waals surface area (Å²) in [5.74, 6) is 0. The van der Waals surface area contributed by atoms with Crippen LogP contribution in [0.2, 0.25) is 0 Å². The van der Waals surface area contributed by atoms with Crippen LogP contribution in [0.15, 0.2) is 0 Å². The Morgan fingerprint density at radius 3 is 2.88 bits per heavy atom. The minimum atomic E-state index is -1.14. The topological polar surface area (TPSA) is 72.8 Å². The molecular formula is C12H22NO4-. The van der Waals surface area contributed by atoms with Crippen LogP contribution < -0.4 is 5.11 Å². The van der Waals surface area contributed by atoms with Crippen LogP contribution in [0.25, 0.3) is 0 Å². The van der Waals surface area contributed by atoms with Gasteiger partial charge in [0.2, 0.25) is 0 Å². The van der Waals surface area contributed by atoms with E-state index in [0.29, 0.717) is 26.1 Å². The Bertz CT molecular complexity index is 259. The van der Waals surface area contributed by atoms with Crippen LogP contribution in [-0.2, 0) is 4.74 Å². The molecule has 1 amide bonds. The van der Waals surface area contributed by atoms with E-state index in [1.807, 2.05) is 6.92 Å². The smallest absolute Gasteiger partial charge is 0.137 e. The van der Waals surface area contributed by atoms with Crippen LogP contribution in [0.4, 0.5) is 4.79 Å². The number of aliphatic hydroxyl groups excluding tert-OH is 1. The van der Waals surface area contributed by atoms with E-state index in [-0.39, 0.29) is 18.1 Å². The fourth-order valence-corrected chi connectivity index (χ4v) is 2.41. The Kier molecular flexibility index (Phi) is 5.21. The van der Waals surface area contributed by atoms with Crippen LogP contribution in [0.3, 0.4) is 0 Å². The fraction of sp³-hybridized carbons (Fsp3) is 0.917. The highest BCUT2D eigenvalue weighted by Crippen LogP contribution is 2.30. The second kappa shape index (κ2) is 6.21. The highest BCUT2D eigenvalue weighted by atomic mass is 16.5. The quantitative estimate of drug-likeness (QED) is 0.751. The first kappa shape index (κ1) is 14.3. The lowest BCUT2D eigenvalue weighted by Gasteiger charge is -2.38. The third-order valence-electron chi connectivity index (χ3n) is 3.35. The van der Waals surface area contributed by atoms with E-state index in [2.05, 4.69) is 6.92 Å². The maximum atomic E-state index is 10.8. The molecule has 0 aromatic rings. The average molecular weight is 244 g/mol. The zero-order valence-corrected chi connectivity index (χ0v) is 10.6. The molecule has 0 aromatic carbocycles. The van der Waals surface area contributed by atoms with Gasteiger partial charge in [-0.25, -0.2) is 0 Å². The monoisotopic (exact) mass is 244 g/mol. The number of morpholine rings is 1. The summed E-state index contributed by atoms with van der Waals surface area (Å²) in [6, 6.07) is 0. The molecule has 100 valence electrons. The van der Waals surface area contributed by atoms with E-state index in [1.165, 1.54) is 4.90 Å². The van der Waals surface area contributed by atoms with E-state index < -0.39 is 6.09 Å². The summed E-state index contributed by atoms with van der Waals surface area (Å²) in [6.45, 7) is 5.32. The molecule has 1 fully saturated rings. The largest absolute Gasteiger partial charge is 0.530 e. The van der Waals surface area contributed by atoms with Crippen LogP contribution in [-0.4, -0.2) is 48.5 Å². The van der Waals surface area contributed by atoms with Gasteiger partial charge in [0.25, 0.3) is 0 Å². The maximum absolute atomic E-state index is 10.8. The number of hydrogen-bond acceptors (Lipinski definition) is 4. The molecule has 1 aliphatic heterocycles. The lowest BCUT2D eigenvalue weighted by Crippen LogP contribution is -2.51. The lowest BCUT2D eigenvalue weighted by atomic mass is 9.81. The molecule has 1 aliphatic rings. The number of carbonyl (C=O) groups is 1. The Morgan fingerprint density at radius 2 is 2.35 bits per heavy atom. The molecule has 5 nitrogen and oxygen atoms in total. The second-order valence-corrected chi connectivity index (χ2v) is 5.13. The van der Waals surface area contributed by atoms with E-state index in [0.717, 1.165) is 12.8 Å². The standard InChI is InChI=1S/C12H23NO4/c1-3-4-12(2,9-14)7-10-8-13(11(15)16)5-6-17-10/h10,14H,3-9H2,1-2H3,(H,15,16)/p-1. The van der Waals surface area contributed by atoms with Gasteiger partial charge in [0.05, 0.1) is 12.7 Å². The minimum absolute atomic E-state index is 0.103. The van der Waals surface area contributed by atoms with Gasteiger partial charge in [0.1, 0.15) is 6.09 Å². The van der Waals surface area contributed by atoms with Crippen molar-refractivity contribution in [2.45, 2.75) is 39.2 Å². The van der Waals surface area contributed by atoms with Crippen molar-refractivity contribution in [3.63, 3.8) is 0 Å². The number of carbonyl (C=O) groups excluding carboxylic acids is 1. The molecule has 0 radical (unpaired) electrons. The second-order valence-electron chi connectivity index (χ2n) is 5.13. The van der Waals surface area contributed by atoms with Crippen molar-refractivity contribution < 1.29 is 19.7 Å². The van der Waals surface area contributed by atoms with Crippen LogP contribution >= 0.6 is 0 Å². The van der Waals surface area contributed by atoms with Crippen LogP contribution in [0.1, 0.15) is 33.1 Å². The highest BCUT2D eigenvalue weighted by Gasteiger charge is 2.30. The van der Waals surface area contributed by atoms with Crippen LogP contribution in [0.5, 0.6) is 0 Å². The van der Waals surface area contributed by atoms with E-state index in [9.17, 15) is 15.0 Å². The molecule has 2 atom stereocenters. The first-order chi connectivity index (χ1) is 8.00. The van der Waals surface area contributed by atoms with Gasteiger partial charge in [-0.2, -0.15) is 0 Å². The van der Waals surface area contributed by atoms with Crippen molar-refractivity contribution in [2.75, 3.05) is 26.3 Å². The Morgan fingerprint density at radius 1 is 1.65 bits per heavy atom. The van der Waals surface area contributed by atoms with E-state index in [1.54, 1.807) is 0 Å². The molecule has 0 spiro atoms. The van der Waals surface area contributed by atoms with Crippen molar-refractivity contribution in [2.24, 2.45) is 5.41 Å². The lowest BCUT2D eigenvalue weighted by molar-refractivity contribution is -0.270. The maximum Gasteiger partial charge on any atom is 0.137 e. The van der Waals surface area contributed by atoms with E-state index in [4.69, 9.17) is 4.74 Å². The average Bonchev–Trinajstić information content (AvgIpc) is 2.29. The summed E-state index contributed by atoms with van der Waals surface area (Å²) in [5.41, 5.74) is -0.186. The summed E-state index contributed by atoms with van der Waals surface area (Å²) in [6.07, 6.45) is 1.31. The molecule has 1 heterocycles. The first-order valence-corrected chi connectivity index (χ1v) is 6.19. The highest BCUT2D eigenvalue weighted by molar-refractivity contribution is 5.62. The number of carboxylic acid groups (broad SMARTS) is 1. The third kappa shape index (κ3) is 4.16. The van der Waals surface area contributed by atoms with Crippen molar-refractivity contribution in [1.82, 2.24) is 4.90 Å². The Labute approximate surface area is 102 Å². The zero-order chi connectivity index (χ0) is 12.9. The van der Waals surface area contributed by atoms with Crippen molar-refractivity contribution >= 4 is 6.09 Å². The molecule has 0 aromatic heterocycles. The van der Waals surface area contributed by atoms with Crippen LogP contribution in [0, 0.1) is 5.41 Å². The molecule has 5 heteroatoms. The molecular weight excluding hydrogens is 222 g/mol. The van der Waals surface area contributed by atoms with Gasteiger partial charge >= 0.3 is 0 Å². The normalized spacial score (nSPS) is 24.4. The van der Waals surface area contributed by atoms with Gasteiger partial charge in [-0.15, -0.1) is 0 Å². The zero-order valence-electron chi connectivity index (χ0n) is 10.6. The van der Waals surface area contributed by atoms with Crippen molar-refractivity contribution in [1.29, 1.82) is 0 Å². The molecule has 0 aliphatic carbocycles. The van der Waals surface area contributed by atoms with Crippen molar-refractivity contribution in [3.8, 4) is 0 Å². The number of nitrogens with zero attached hydrogens (tertiary/aromatic N) is 1. The fourth-order valence-electron chi connectivity index (χ4n) is 2.41. The van der Waals surface area contributed by atoms with Gasteiger partial charge in [0, 0.05) is 19.7 Å². The first-order valence-electron chi connectivity index (χ1n) is 6.19. The molecule has 2 unspecified atom stereocenters. The minimum Gasteiger partial charge on any atom is -0.530 e. The van der Waals surface area contributed by atoms with Crippen molar-refractivity contribution in [3.05, 3.63) is 0 Å². The van der Waals surface area contributed by atoms with Gasteiger partial charge < -0.3 is 24.6 Å². The molecule has 0 saturated carbocycles. The molecule has 17 heavy (non-hydrogen) atoms. The molecule has 1 N–H and O–H groups in total. The Balaban J connectivity index is 2.52. The summed E-state index contributed by atoms with van der Waals surface area (Å²) in [5, 5.41) is 20.2. The van der Waals surface area contributed by atoms with E-state index >= 15 is 0 Å². The summed E-state index contributed by atoms with van der Waals surface area (Å²) in [7, 11) is 0. The SMILES string of the molecule is CCCC(C)(CO)CC1CN(C(=O)[O-])CCO1. The molecule has 1 saturated heterocycles. The number of hydrogen-bond donors (Lipinski definition) is 1. The predicted octanol–water partition coefficient (Wildman–Crippen LogP) is 0.219. The number of aliphatic hydroxyl groups is 1. The Hall–Kier alpha value is -0.810. The van der Waals surface area contributed by atoms with Gasteiger partial charge in [0.15, 0.2) is 0 Å². The predicted molar refractivity (Wildman–Crippen MR) is 61.4 cm³/mol. The van der Waals surface area contributed by atoms with Gasteiger partial charge in [-0.1, -0.05) is 20.3 Å². The summed E-state index contributed by atoms with van der Waals surface area (Å²) in [4.78, 5) is 12.0. The third-order valence-corrected chi connectivity index (χ3v) is 3.35. The molecule has 1 rings (SSSR count). The number of rotatable bonds is 5. The summed E-state index contributed by atoms with van der Waals surface area (Å²) < 4.78 is 5.56. The number of amides is 1. The molecule has 0 bridgehead atoms. The van der Waals surface area contributed by atoms with Gasteiger partial charge in [-0.05, 0) is 18.3 Å². The number of ether oxygens (including phenoxy) is 1. The summed E-state index contributed by atoms with van der Waals surface area (Å²) >= 11 is 0.